The number of halogens is 4. The van der Waals surface area contributed by atoms with Crippen LogP contribution >= 0.6 is 11.6 Å². The van der Waals surface area contributed by atoms with E-state index in [4.69, 9.17) is 25.8 Å². The lowest BCUT2D eigenvalue weighted by atomic mass is 10.0. The summed E-state index contributed by atoms with van der Waals surface area (Å²) in [4.78, 5) is 35.9. The lowest BCUT2D eigenvalue weighted by Gasteiger charge is -2.32. The van der Waals surface area contributed by atoms with E-state index in [2.05, 4.69) is 283 Å². The number of rotatable bonds is 13. The van der Waals surface area contributed by atoms with Gasteiger partial charge >= 0.3 is 6.18 Å². The Morgan fingerprint density at radius 3 is 1.21 bits per heavy atom. The van der Waals surface area contributed by atoms with E-state index in [1.807, 2.05) is 44.1 Å². The second kappa shape index (κ2) is 46.8. The molecule has 0 N–H and O–H groups in total. The number of nitrogens with zero attached hydrogens (tertiary/aromatic N) is 14. The van der Waals surface area contributed by atoms with Crippen molar-refractivity contribution in [2.45, 2.75) is 218 Å². The maximum atomic E-state index is 12.5. The summed E-state index contributed by atoms with van der Waals surface area (Å²) in [7, 11) is 5.54. The zero-order chi connectivity index (χ0) is 81.9. The Morgan fingerprint density at radius 1 is 0.391 bits per heavy atom. The fourth-order valence-corrected chi connectivity index (χ4v) is 13.8. The summed E-state index contributed by atoms with van der Waals surface area (Å²) >= 11 is 5.72. The molecule has 4 saturated heterocycles. The highest BCUT2D eigenvalue weighted by atomic mass is 35.5. The van der Waals surface area contributed by atoms with Crippen LogP contribution < -0.4 is 38.9 Å². The maximum absolute atomic E-state index is 12.5. The van der Waals surface area contributed by atoms with Crippen molar-refractivity contribution >= 4 is 46.4 Å². The van der Waals surface area contributed by atoms with E-state index in [1.54, 1.807) is 13.8 Å². The summed E-state index contributed by atoms with van der Waals surface area (Å²) in [5, 5.41) is 3.41. The molecule has 0 saturated carbocycles. The number of hydrogen-bond donors (Lipinski definition) is 0. The van der Waals surface area contributed by atoms with Crippen LogP contribution in [0.3, 0.4) is 0 Å². The molecule has 7 aromatic heterocycles. The van der Waals surface area contributed by atoms with Crippen molar-refractivity contribution in [1.82, 2.24) is 39.3 Å². The number of pyridine rings is 5. The van der Waals surface area contributed by atoms with Gasteiger partial charge in [0.2, 0.25) is 0 Å². The summed E-state index contributed by atoms with van der Waals surface area (Å²) in [5.74, 6) is 11.2. The number of morpholine rings is 1. The number of alkyl halides is 3. The summed E-state index contributed by atoms with van der Waals surface area (Å²) < 4.78 is 57.2. The molecule has 0 atom stereocenters. The van der Waals surface area contributed by atoms with E-state index in [1.165, 1.54) is 141 Å². The number of ether oxygens (including phenoxy) is 3. The van der Waals surface area contributed by atoms with Gasteiger partial charge in [0.25, 0.3) is 0 Å². The van der Waals surface area contributed by atoms with Crippen molar-refractivity contribution in [1.29, 1.82) is 0 Å². The van der Waals surface area contributed by atoms with Gasteiger partial charge in [-0.2, -0.15) is 18.3 Å². The summed E-state index contributed by atoms with van der Waals surface area (Å²) in [6.07, 6.45) is 15.3. The first-order valence-electron chi connectivity index (χ1n) is 41.2. The maximum Gasteiger partial charge on any atom is 0.435 e. The second-order valence-electron chi connectivity index (χ2n) is 32.4. The number of likely N-dealkylation sites (N-methyl/N-ethyl adjacent to an activating group) is 2. The molecule has 9 aromatic rings. The van der Waals surface area contributed by atoms with Gasteiger partial charge in [0.15, 0.2) is 17.3 Å². The van der Waals surface area contributed by atoms with Crippen molar-refractivity contribution in [2.75, 3.05) is 135 Å². The topological polar surface area (TPSA) is 134 Å². The number of benzene rings is 2. The summed E-state index contributed by atoms with van der Waals surface area (Å²) in [5.41, 5.74) is 11.1. The van der Waals surface area contributed by atoms with Gasteiger partial charge in [-0.3, -0.25) is 4.68 Å². The highest BCUT2D eigenvalue weighted by Gasteiger charge is 2.39. The monoisotopic (exact) mass is 1600 g/mol. The first-order chi connectivity index (χ1) is 54.0. The zero-order valence-electron chi connectivity index (χ0n) is 71.2. The molecule has 0 unspecified atom stereocenters. The molecule has 630 valence electrons. The first-order valence-corrected chi connectivity index (χ1v) is 41.6. The number of hydrogen-bond acceptors (Lipinski definition) is 15. The molecule has 0 radical (unpaired) electrons. The van der Waals surface area contributed by atoms with Crippen LogP contribution in [0.5, 0.6) is 11.5 Å². The molecule has 0 amide bonds. The minimum absolute atomic E-state index is 0. The van der Waals surface area contributed by atoms with Gasteiger partial charge < -0.3 is 48.2 Å². The molecule has 13 heterocycles. The minimum atomic E-state index is -4.44. The van der Waals surface area contributed by atoms with Crippen LogP contribution in [0.2, 0.25) is 5.15 Å². The molecule has 4 fully saturated rings. The second-order valence-corrected chi connectivity index (χ2v) is 32.7. The van der Waals surface area contributed by atoms with Crippen LogP contribution in [0.1, 0.15) is 262 Å². The highest BCUT2D eigenvalue weighted by Crippen LogP contribution is 2.39. The van der Waals surface area contributed by atoms with Crippen molar-refractivity contribution in [3.63, 3.8) is 0 Å². The molecule has 115 heavy (non-hydrogen) atoms. The van der Waals surface area contributed by atoms with Crippen LogP contribution in [0.25, 0.3) is 5.69 Å². The third-order valence-electron chi connectivity index (χ3n) is 20.9. The van der Waals surface area contributed by atoms with E-state index in [-0.39, 0.29) is 31.5 Å². The SMILES string of the molecule is C.C.CC(C)c1c(C(F)(F)F)nn(C)c1Cl.CC(C)c1ccc2c(c1)OCCN2C.CC(C)c1cccn1-c1ccccc1.CC(C)c1ccnc(N2CCC2)c1.CC(C)c1ccnc(N2CCCC2)c1.CC(C)c1ccnc(N2CCCCC2)c1.CC(C)c1ccnc(N2CCOCC2)c1.CC(C)c1cnc2c(c1)OCCN2C. The van der Waals surface area contributed by atoms with Crippen LogP contribution in [0.4, 0.5) is 47.9 Å². The fraction of sp³-hybridized carbons (Fsp3) is 0.532. The smallest absolute Gasteiger partial charge is 0.435 e. The molecule has 6 aliphatic rings. The molecular formula is C94H138ClF3N14O3. The molecule has 0 spiro atoms. The van der Waals surface area contributed by atoms with Gasteiger partial charge in [-0.05, 0) is 210 Å². The van der Waals surface area contributed by atoms with E-state index in [0.717, 1.165) is 92.1 Å². The summed E-state index contributed by atoms with van der Waals surface area (Å²) in [6.45, 7) is 48.3. The first kappa shape index (κ1) is 95.0. The minimum Gasteiger partial charge on any atom is -0.490 e. The number of anilines is 6. The van der Waals surface area contributed by atoms with Gasteiger partial charge in [-0.1, -0.05) is 161 Å². The van der Waals surface area contributed by atoms with Crippen molar-refractivity contribution in [3.05, 3.63) is 208 Å². The number of piperidine rings is 1. The van der Waals surface area contributed by atoms with Gasteiger partial charge in [-0.25, -0.2) is 24.9 Å². The van der Waals surface area contributed by atoms with E-state index in [0.29, 0.717) is 41.4 Å². The van der Waals surface area contributed by atoms with E-state index < -0.39 is 11.9 Å². The predicted molar refractivity (Wildman–Crippen MR) is 478 cm³/mol. The Bertz CT molecular complexity index is 4140. The Morgan fingerprint density at radius 2 is 0.800 bits per heavy atom. The molecule has 0 bridgehead atoms. The third-order valence-corrected chi connectivity index (χ3v) is 21.4. The molecule has 15 rings (SSSR count). The normalized spacial score (nSPS) is 14.9. The van der Waals surface area contributed by atoms with Crippen molar-refractivity contribution in [2.24, 2.45) is 7.05 Å². The Kier molecular flexibility index (Phi) is 38.6. The van der Waals surface area contributed by atoms with Gasteiger partial charge in [0.05, 0.1) is 32.0 Å². The third kappa shape index (κ3) is 28.5. The fourth-order valence-electron chi connectivity index (χ4n) is 13.5. The van der Waals surface area contributed by atoms with E-state index >= 15 is 0 Å². The van der Waals surface area contributed by atoms with Crippen LogP contribution in [0.15, 0.2) is 152 Å². The number of aromatic nitrogens is 8. The molecule has 6 aliphatic heterocycles. The van der Waals surface area contributed by atoms with Crippen LogP contribution in [-0.2, 0) is 18.0 Å². The van der Waals surface area contributed by atoms with Crippen molar-refractivity contribution < 1.29 is 27.4 Å². The Hall–Kier alpha value is -8.88. The summed E-state index contributed by atoms with van der Waals surface area (Å²) in [6, 6.07) is 40.6. The highest BCUT2D eigenvalue weighted by molar-refractivity contribution is 6.30. The lowest BCUT2D eigenvalue weighted by Crippen LogP contribution is -2.37. The van der Waals surface area contributed by atoms with Crippen LogP contribution in [-0.4, -0.2) is 145 Å². The average Bonchev–Trinajstić information content (AvgIpc) is 1.72. The molecule has 21 heteroatoms. The molecule has 2 aromatic carbocycles. The molecular weight excluding hydrogens is 1470 g/mol. The predicted octanol–water partition coefficient (Wildman–Crippen LogP) is 23.2. The average molecular weight is 1600 g/mol. The van der Waals surface area contributed by atoms with Gasteiger partial charge in [-0.15, -0.1) is 0 Å². The van der Waals surface area contributed by atoms with Crippen LogP contribution in [0, 0.1) is 0 Å². The van der Waals surface area contributed by atoms with E-state index in [9.17, 15) is 13.2 Å². The van der Waals surface area contributed by atoms with Gasteiger partial charge in [0.1, 0.15) is 47.4 Å². The van der Waals surface area contributed by atoms with Gasteiger partial charge in [0, 0.05) is 128 Å². The number of aryl methyl sites for hydroxylation is 1. The molecule has 17 nitrogen and oxygen atoms in total. The number of fused-ring (bicyclic) bond motifs is 2. The largest absolute Gasteiger partial charge is 0.490 e. The Labute approximate surface area is 694 Å². The molecule has 0 aliphatic carbocycles. The quantitative estimate of drug-likeness (QED) is 0.108. The standard InChI is InChI=1S/C13H20N2.C13H15N.C12H18N2O.C12H18N2.C12H17NO.C11H16N2O.C11H16N2.C8H10ClF3N2.2CH4/c1-11(2)12-6-7-14-13(10-12)15-8-4-3-5-9-15;1-11(2)13-9-6-10-14(13)12-7-4-3-5-8-12;1-10(2)11-3-4-13-12(9-11)14-5-7-15-8-6-14;1-10(2)11-5-6-13-12(9-11)14-7-3-4-8-14;1-9(2)10-4-5-11-12(8-10)14-7-6-13(11)3;1-8(2)9-6-10-11(12-7-9)13(3)4-5-14-10;1-9(2)10-4-5-12-11(8-10)13-6-3-7-13;1-4(2)5-6(8(10,11)12)13-14(3)7(5)9;;/h6-7,10-11H,3-5,8-9H2,1-2H3;3-11H,1-2H3;3-4,9-10H,5-8H2,1-2H3;5-6,9-10H,3-4,7-8H2,1-2H3;4-5,8-9H,6-7H2,1-3H3;6-8H,4-5H2,1-3H3;4-5,8-9H,3,6-7H2,1-2H3;4H,1-3H3;2*1H4. The van der Waals surface area contributed by atoms with Crippen molar-refractivity contribution in [3.8, 4) is 17.2 Å². The lowest BCUT2D eigenvalue weighted by molar-refractivity contribution is -0.142. The Balaban J connectivity index is 0.000000204. The number of para-hydroxylation sites is 1. The zero-order valence-corrected chi connectivity index (χ0v) is 71.9.